The molecule has 1 saturated heterocycles. The molecule has 5 rings (SSSR count). The minimum atomic E-state index is 0.596. The van der Waals surface area contributed by atoms with Gasteiger partial charge in [-0.3, -0.25) is 0 Å². The van der Waals surface area contributed by atoms with Crippen LogP contribution in [0.1, 0.15) is 42.9 Å². The van der Waals surface area contributed by atoms with Gasteiger partial charge in [-0.05, 0) is 43.9 Å². The average molecular weight is 380 g/mol. The third kappa shape index (κ3) is 3.82. The quantitative estimate of drug-likeness (QED) is 0.676. The maximum absolute atomic E-state index is 4.96. The maximum atomic E-state index is 4.96. The molecule has 2 aliphatic rings. The van der Waals surface area contributed by atoms with Crippen molar-refractivity contribution in [3.8, 4) is 0 Å². The van der Waals surface area contributed by atoms with Gasteiger partial charge in [-0.1, -0.05) is 42.1 Å². The minimum absolute atomic E-state index is 0.596. The van der Waals surface area contributed by atoms with Crippen LogP contribution in [0.3, 0.4) is 0 Å². The van der Waals surface area contributed by atoms with Gasteiger partial charge in [0.05, 0.1) is 17.6 Å². The molecule has 3 heterocycles. The van der Waals surface area contributed by atoms with E-state index < -0.39 is 0 Å². The fraction of sp³-hybridized carbons (Fsp3) is 0.429. The van der Waals surface area contributed by atoms with Gasteiger partial charge >= 0.3 is 0 Å². The third-order valence-corrected chi connectivity index (χ3v) is 6.51. The van der Waals surface area contributed by atoms with Gasteiger partial charge < -0.3 is 10.6 Å². The molecule has 27 heavy (non-hydrogen) atoms. The van der Waals surface area contributed by atoms with Crippen molar-refractivity contribution in [1.82, 2.24) is 19.9 Å². The smallest absolute Gasteiger partial charge is 0.177 e. The lowest BCUT2D eigenvalue weighted by molar-refractivity contribution is 0.531. The summed E-state index contributed by atoms with van der Waals surface area (Å²) >= 11 is 1.90. The van der Waals surface area contributed by atoms with Crippen LogP contribution in [-0.4, -0.2) is 32.9 Å². The fourth-order valence-electron chi connectivity index (χ4n) is 3.69. The second-order valence-electron chi connectivity index (χ2n) is 7.51. The van der Waals surface area contributed by atoms with Crippen LogP contribution in [-0.2, 0) is 6.54 Å². The monoisotopic (exact) mass is 379 g/mol. The second-order valence-corrected chi connectivity index (χ2v) is 8.84. The fourth-order valence-corrected chi connectivity index (χ4v) is 4.83. The molecular formula is C21H25N5S. The number of thioether (sulfide) groups is 1. The van der Waals surface area contributed by atoms with E-state index in [1.807, 2.05) is 18.0 Å². The first kappa shape index (κ1) is 17.1. The van der Waals surface area contributed by atoms with Crippen molar-refractivity contribution in [2.24, 2.45) is 0 Å². The number of nitrogens with one attached hydrogen (secondary N) is 2. The van der Waals surface area contributed by atoms with Gasteiger partial charge in [0.25, 0.3) is 0 Å². The second kappa shape index (κ2) is 7.52. The van der Waals surface area contributed by atoms with Gasteiger partial charge in [-0.2, -0.15) is 5.10 Å². The number of rotatable bonds is 6. The summed E-state index contributed by atoms with van der Waals surface area (Å²) in [6, 6.07) is 12.7. The Labute approximate surface area is 164 Å². The number of benzene rings is 1. The zero-order valence-corrected chi connectivity index (χ0v) is 16.2. The van der Waals surface area contributed by atoms with E-state index >= 15 is 0 Å². The Morgan fingerprint density at radius 1 is 1.19 bits per heavy atom. The SMILES string of the molecule is c1ccc(CNc2cc(SC3CCCNC3)nn3c(C4CC4)cnc23)cc1. The molecular weight excluding hydrogens is 354 g/mol. The predicted molar refractivity (Wildman–Crippen MR) is 110 cm³/mol. The Morgan fingerprint density at radius 3 is 2.85 bits per heavy atom. The topological polar surface area (TPSA) is 54.2 Å². The molecule has 0 spiro atoms. The number of hydrogen-bond acceptors (Lipinski definition) is 5. The van der Waals surface area contributed by atoms with E-state index in [-0.39, 0.29) is 0 Å². The molecule has 1 saturated carbocycles. The first-order chi connectivity index (χ1) is 13.4. The Hall–Kier alpha value is -2.05. The summed E-state index contributed by atoms with van der Waals surface area (Å²) in [7, 11) is 0. The van der Waals surface area contributed by atoms with Crippen molar-refractivity contribution < 1.29 is 0 Å². The van der Waals surface area contributed by atoms with Crippen LogP contribution in [0.5, 0.6) is 0 Å². The van der Waals surface area contributed by atoms with Crippen LogP contribution in [0.25, 0.3) is 5.65 Å². The zero-order valence-electron chi connectivity index (χ0n) is 15.4. The van der Waals surface area contributed by atoms with E-state index in [4.69, 9.17) is 10.1 Å². The summed E-state index contributed by atoms with van der Waals surface area (Å²) in [6.45, 7) is 3.00. The van der Waals surface area contributed by atoms with Crippen LogP contribution in [0.4, 0.5) is 5.69 Å². The van der Waals surface area contributed by atoms with E-state index in [0.29, 0.717) is 11.2 Å². The lowest BCUT2D eigenvalue weighted by atomic mass is 10.2. The molecule has 1 aliphatic heterocycles. The molecule has 2 N–H and O–H groups in total. The maximum Gasteiger partial charge on any atom is 0.177 e. The van der Waals surface area contributed by atoms with Crippen LogP contribution >= 0.6 is 11.8 Å². The number of hydrogen-bond donors (Lipinski definition) is 2. The number of piperidine rings is 1. The number of aromatic nitrogens is 3. The average Bonchev–Trinajstić information content (AvgIpc) is 3.47. The van der Waals surface area contributed by atoms with Gasteiger partial charge in [0.1, 0.15) is 5.03 Å². The molecule has 140 valence electrons. The first-order valence-corrected chi connectivity index (χ1v) is 10.8. The largest absolute Gasteiger partial charge is 0.378 e. The van der Waals surface area contributed by atoms with Crippen LogP contribution in [0.15, 0.2) is 47.6 Å². The van der Waals surface area contributed by atoms with Crippen molar-refractivity contribution in [1.29, 1.82) is 0 Å². The Balaban J connectivity index is 1.45. The number of fused-ring (bicyclic) bond motifs is 1. The highest BCUT2D eigenvalue weighted by Crippen LogP contribution is 2.41. The molecule has 3 aromatic rings. The van der Waals surface area contributed by atoms with Crippen molar-refractivity contribution in [3.05, 3.63) is 53.9 Å². The standard InChI is InChI=1S/C21H25N5S/c1-2-5-15(6-3-1)12-23-18-11-20(27-17-7-4-10-22-13-17)25-26-19(16-8-9-16)14-24-21(18)26/h1-3,5-6,11,14,16-17,22-23H,4,7-10,12-13H2. The van der Waals surface area contributed by atoms with Gasteiger partial charge in [0, 0.05) is 24.3 Å². The number of anilines is 1. The summed E-state index contributed by atoms with van der Waals surface area (Å²) in [4.78, 5) is 4.70. The normalized spacial score (nSPS) is 20.1. The summed E-state index contributed by atoms with van der Waals surface area (Å²) < 4.78 is 2.09. The van der Waals surface area contributed by atoms with E-state index in [2.05, 4.69) is 51.5 Å². The zero-order chi connectivity index (χ0) is 18.1. The molecule has 1 unspecified atom stereocenters. The van der Waals surface area contributed by atoms with Crippen molar-refractivity contribution in [2.45, 2.75) is 48.4 Å². The minimum Gasteiger partial charge on any atom is -0.378 e. The van der Waals surface area contributed by atoms with Gasteiger partial charge in [-0.15, -0.1) is 0 Å². The summed E-state index contributed by atoms with van der Waals surface area (Å²) in [5.74, 6) is 0.631. The van der Waals surface area contributed by atoms with Crippen LogP contribution in [0.2, 0.25) is 0 Å². The summed E-state index contributed by atoms with van der Waals surface area (Å²) in [6.07, 6.45) is 7.03. The first-order valence-electron chi connectivity index (χ1n) is 9.91. The van der Waals surface area contributed by atoms with E-state index in [0.717, 1.165) is 36.0 Å². The Bertz CT molecular complexity index is 913. The molecule has 1 atom stereocenters. The van der Waals surface area contributed by atoms with Gasteiger partial charge in [0.2, 0.25) is 0 Å². The third-order valence-electron chi connectivity index (χ3n) is 5.33. The molecule has 5 nitrogen and oxygen atoms in total. The molecule has 0 radical (unpaired) electrons. The van der Waals surface area contributed by atoms with Gasteiger partial charge in [-0.25, -0.2) is 9.50 Å². The molecule has 1 aromatic carbocycles. The van der Waals surface area contributed by atoms with Gasteiger partial charge in [0.15, 0.2) is 5.65 Å². The summed E-state index contributed by atoms with van der Waals surface area (Å²) in [5.41, 5.74) is 4.55. The van der Waals surface area contributed by atoms with Crippen molar-refractivity contribution in [3.63, 3.8) is 0 Å². The summed E-state index contributed by atoms with van der Waals surface area (Å²) in [5, 5.41) is 13.7. The van der Waals surface area contributed by atoms with E-state index in [1.54, 1.807) is 0 Å². The molecule has 2 aromatic heterocycles. The lowest BCUT2D eigenvalue weighted by Gasteiger charge is -2.22. The highest BCUT2D eigenvalue weighted by molar-refractivity contribution is 7.99. The number of imidazole rings is 1. The molecule has 0 bridgehead atoms. The molecule has 2 fully saturated rings. The van der Waals surface area contributed by atoms with E-state index in [1.165, 1.54) is 36.9 Å². The lowest BCUT2D eigenvalue weighted by Crippen LogP contribution is -2.31. The molecule has 0 amide bonds. The molecule has 6 heteroatoms. The van der Waals surface area contributed by atoms with Crippen molar-refractivity contribution >= 4 is 23.1 Å². The predicted octanol–water partition coefficient (Wildman–Crippen LogP) is 4.06. The number of nitrogens with zero attached hydrogens (tertiary/aromatic N) is 3. The van der Waals surface area contributed by atoms with E-state index in [9.17, 15) is 0 Å². The van der Waals surface area contributed by atoms with Crippen LogP contribution < -0.4 is 10.6 Å². The Kier molecular flexibility index (Phi) is 4.76. The van der Waals surface area contributed by atoms with Crippen molar-refractivity contribution in [2.75, 3.05) is 18.4 Å². The Morgan fingerprint density at radius 2 is 2.07 bits per heavy atom. The van der Waals surface area contributed by atoms with Crippen LogP contribution in [0, 0.1) is 0 Å². The highest BCUT2D eigenvalue weighted by atomic mass is 32.2. The highest BCUT2D eigenvalue weighted by Gasteiger charge is 2.28. The molecule has 1 aliphatic carbocycles.